The summed E-state index contributed by atoms with van der Waals surface area (Å²) in [5, 5.41) is 0. The van der Waals surface area contributed by atoms with Gasteiger partial charge in [0.25, 0.3) is 0 Å². The summed E-state index contributed by atoms with van der Waals surface area (Å²) in [4.78, 5) is 17.4. The first-order chi connectivity index (χ1) is 10.5. The first kappa shape index (κ1) is 16.2. The Morgan fingerprint density at radius 3 is 2.55 bits per heavy atom. The summed E-state index contributed by atoms with van der Waals surface area (Å²) in [6, 6.07) is 0.623. The predicted octanol–water partition coefficient (Wildman–Crippen LogP) is 1.21. The molecular weight excluding hydrogens is 278 g/mol. The molecule has 2 saturated heterocycles. The molecule has 1 saturated carbocycles. The number of nitrogens with zero attached hydrogens (tertiary/aromatic N) is 2. The summed E-state index contributed by atoms with van der Waals surface area (Å²) in [5.41, 5.74) is 5.98. The van der Waals surface area contributed by atoms with Gasteiger partial charge in [0.1, 0.15) is 0 Å². The molecule has 2 aliphatic heterocycles. The van der Waals surface area contributed by atoms with E-state index in [2.05, 4.69) is 23.6 Å². The van der Waals surface area contributed by atoms with Crippen molar-refractivity contribution in [3.63, 3.8) is 0 Å². The number of rotatable bonds is 3. The van der Waals surface area contributed by atoms with E-state index in [1.165, 1.54) is 0 Å². The topological polar surface area (TPSA) is 58.8 Å². The highest BCUT2D eigenvalue weighted by Crippen LogP contribution is 2.29. The third-order valence-corrected chi connectivity index (χ3v) is 5.45. The average Bonchev–Trinajstić information content (AvgIpc) is 3.06. The van der Waals surface area contributed by atoms with Gasteiger partial charge in [0.15, 0.2) is 0 Å². The molecule has 0 unspecified atom stereocenters. The van der Waals surface area contributed by atoms with E-state index in [1.807, 2.05) is 0 Å². The number of nitrogens with two attached hydrogens (primary N) is 1. The van der Waals surface area contributed by atoms with Crippen LogP contribution in [0.4, 0.5) is 0 Å². The van der Waals surface area contributed by atoms with Crippen molar-refractivity contribution in [2.24, 2.45) is 11.7 Å². The van der Waals surface area contributed by atoms with Gasteiger partial charge in [-0.1, -0.05) is 0 Å². The Bertz CT molecular complexity index is 393. The molecule has 2 N–H and O–H groups in total. The Morgan fingerprint density at radius 1 is 1.18 bits per heavy atom. The lowest BCUT2D eigenvalue weighted by Gasteiger charge is -2.38. The van der Waals surface area contributed by atoms with Crippen molar-refractivity contribution in [2.45, 2.75) is 70.2 Å². The Balaban J connectivity index is 1.57. The van der Waals surface area contributed by atoms with Crippen LogP contribution in [0.2, 0.25) is 0 Å². The number of carbonyl (C=O) groups excluding carboxylic acids is 1. The molecule has 1 aliphatic carbocycles. The normalized spacial score (nSPS) is 40.3. The molecule has 5 nitrogen and oxygen atoms in total. The number of hydrogen-bond donors (Lipinski definition) is 1. The van der Waals surface area contributed by atoms with Gasteiger partial charge in [-0.15, -0.1) is 0 Å². The molecule has 0 aromatic rings. The Morgan fingerprint density at radius 2 is 1.91 bits per heavy atom. The van der Waals surface area contributed by atoms with Gasteiger partial charge >= 0.3 is 0 Å². The molecule has 1 amide bonds. The molecule has 3 fully saturated rings. The molecule has 0 bridgehead atoms. The molecule has 22 heavy (non-hydrogen) atoms. The highest BCUT2D eigenvalue weighted by Gasteiger charge is 2.37. The SMILES string of the molecule is C[C@@H]1CN(C[C@@H]2CCCN2C(=O)[C@@H]2CC[C@H](N)C2)C[C@@H](C)O1. The maximum Gasteiger partial charge on any atom is 0.226 e. The van der Waals surface area contributed by atoms with Gasteiger partial charge in [-0.2, -0.15) is 0 Å². The molecule has 5 heteroatoms. The zero-order valence-corrected chi connectivity index (χ0v) is 14.0. The third kappa shape index (κ3) is 3.63. The predicted molar refractivity (Wildman–Crippen MR) is 86.5 cm³/mol. The van der Waals surface area contributed by atoms with E-state index in [4.69, 9.17) is 10.5 Å². The first-order valence-corrected chi connectivity index (χ1v) is 8.96. The second-order valence-electron chi connectivity index (χ2n) is 7.57. The number of carbonyl (C=O) groups is 1. The van der Waals surface area contributed by atoms with Gasteiger partial charge in [0, 0.05) is 44.2 Å². The Hall–Kier alpha value is -0.650. The lowest BCUT2D eigenvalue weighted by atomic mass is 10.1. The van der Waals surface area contributed by atoms with Crippen LogP contribution in [0.3, 0.4) is 0 Å². The third-order valence-electron chi connectivity index (χ3n) is 5.45. The maximum absolute atomic E-state index is 12.8. The number of ether oxygens (including phenoxy) is 1. The van der Waals surface area contributed by atoms with Gasteiger partial charge in [-0.05, 0) is 46.0 Å². The van der Waals surface area contributed by atoms with E-state index in [9.17, 15) is 4.79 Å². The fourth-order valence-electron chi connectivity index (χ4n) is 4.52. The zero-order chi connectivity index (χ0) is 15.7. The highest BCUT2D eigenvalue weighted by molar-refractivity contribution is 5.79. The van der Waals surface area contributed by atoms with Crippen LogP contribution in [0.5, 0.6) is 0 Å². The van der Waals surface area contributed by atoms with Crippen molar-refractivity contribution in [3.8, 4) is 0 Å². The quantitative estimate of drug-likeness (QED) is 0.851. The molecule has 0 spiro atoms. The van der Waals surface area contributed by atoms with E-state index in [-0.39, 0.29) is 12.0 Å². The number of hydrogen-bond acceptors (Lipinski definition) is 4. The highest BCUT2D eigenvalue weighted by atomic mass is 16.5. The summed E-state index contributed by atoms with van der Waals surface area (Å²) in [5.74, 6) is 0.544. The monoisotopic (exact) mass is 309 g/mol. The van der Waals surface area contributed by atoms with Gasteiger partial charge < -0.3 is 15.4 Å². The van der Waals surface area contributed by atoms with Crippen LogP contribution in [0.1, 0.15) is 46.0 Å². The van der Waals surface area contributed by atoms with Crippen LogP contribution >= 0.6 is 0 Å². The van der Waals surface area contributed by atoms with E-state index < -0.39 is 0 Å². The molecular formula is C17H31N3O2. The van der Waals surface area contributed by atoms with Crippen molar-refractivity contribution in [1.29, 1.82) is 0 Å². The largest absolute Gasteiger partial charge is 0.373 e. The molecule has 3 rings (SSSR count). The van der Waals surface area contributed by atoms with Crippen molar-refractivity contribution in [3.05, 3.63) is 0 Å². The van der Waals surface area contributed by atoms with Crippen molar-refractivity contribution in [2.75, 3.05) is 26.2 Å². The van der Waals surface area contributed by atoms with Crippen LogP contribution < -0.4 is 5.73 Å². The smallest absolute Gasteiger partial charge is 0.226 e. The minimum Gasteiger partial charge on any atom is -0.373 e. The number of morpholine rings is 1. The van der Waals surface area contributed by atoms with Crippen LogP contribution in [-0.2, 0) is 9.53 Å². The summed E-state index contributed by atoms with van der Waals surface area (Å²) in [6.45, 7) is 8.18. The average molecular weight is 309 g/mol. The van der Waals surface area contributed by atoms with E-state index >= 15 is 0 Å². The van der Waals surface area contributed by atoms with Crippen molar-refractivity contribution in [1.82, 2.24) is 9.80 Å². The maximum atomic E-state index is 12.8. The molecule has 2 heterocycles. The molecule has 5 atom stereocenters. The van der Waals surface area contributed by atoms with Gasteiger partial charge in [-0.3, -0.25) is 9.69 Å². The summed E-state index contributed by atoms with van der Waals surface area (Å²) in [6.07, 6.45) is 5.75. The van der Waals surface area contributed by atoms with Crippen LogP contribution in [-0.4, -0.2) is 66.2 Å². The Kier molecular flexibility index (Phi) is 5.05. The van der Waals surface area contributed by atoms with Crippen molar-refractivity contribution < 1.29 is 9.53 Å². The molecule has 0 radical (unpaired) electrons. The summed E-state index contributed by atoms with van der Waals surface area (Å²) < 4.78 is 5.81. The first-order valence-electron chi connectivity index (χ1n) is 8.96. The lowest BCUT2D eigenvalue weighted by Crippen LogP contribution is -2.51. The second-order valence-corrected chi connectivity index (χ2v) is 7.57. The van der Waals surface area contributed by atoms with E-state index in [0.29, 0.717) is 24.2 Å². The number of likely N-dealkylation sites (tertiary alicyclic amines) is 1. The van der Waals surface area contributed by atoms with E-state index in [1.54, 1.807) is 0 Å². The lowest BCUT2D eigenvalue weighted by molar-refractivity contribution is -0.137. The van der Waals surface area contributed by atoms with Gasteiger partial charge in [0.2, 0.25) is 5.91 Å². The zero-order valence-electron chi connectivity index (χ0n) is 14.0. The minimum atomic E-state index is 0.179. The van der Waals surface area contributed by atoms with Crippen LogP contribution in [0.25, 0.3) is 0 Å². The second kappa shape index (κ2) is 6.85. The van der Waals surface area contributed by atoms with Gasteiger partial charge in [0.05, 0.1) is 12.2 Å². The van der Waals surface area contributed by atoms with E-state index in [0.717, 1.165) is 58.3 Å². The fourth-order valence-corrected chi connectivity index (χ4v) is 4.52. The molecule has 3 aliphatic rings. The molecule has 0 aromatic heterocycles. The fraction of sp³-hybridized carbons (Fsp3) is 0.941. The van der Waals surface area contributed by atoms with Gasteiger partial charge in [-0.25, -0.2) is 0 Å². The molecule has 126 valence electrons. The summed E-state index contributed by atoms with van der Waals surface area (Å²) in [7, 11) is 0. The van der Waals surface area contributed by atoms with Crippen LogP contribution in [0.15, 0.2) is 0 Å². The summed E-state index contributed by atoms with van der Waals surface area (Å²) >= 11 is 0. The number of amides is 1. The van der Waals surface area contributed by atoms with Crippen molar-refractivity contribution >= 4 is 5.91 Å². The Labute approximate surface area is 134 Å². The minimum absolute atomic E-state index is 0.179. The molecule has 0 aromatic carbocycles. The standard InChI is InChI=1S/C17H31N3O2/c1-12-9-19(10-13(2)22-12)11-16-4-3-7-20(16)17(21)14-5-6-15(18)8-14/h12-16H,3-11,18H2,1-2H3/t12-,13-,14-,15+,16+/m1/s1. The van der Waals surface area contributed by atoms with Crippen LogP contribution in [0, 0.1) is 5.92 Å².